The molecule has 1 atom stereocenters. The molecule has 8 heteroatoms. The number of carbonyl (C=O) groups is 1. The zero-order valence-electron chi connectivity index (χ0n) is 18.8. The summed E-state index contributed by atoms with van der Waals surface area (Å²) in [6.45, 7) is 8.06. The second kappa shape index (κ2) is 13.9. The Balaban J connectivity index is 0.00000341. The van der Waals surface area contributed by atoms with Gasteiger partial charge in [-0.25, -0.2) is 0 Å². The van der Waals surface area contributed by atoms with Crippen molar-refractivity contribution in [3.8, 4) is 0 Å². The fraction of sp³-hybridized carbons (Fsp3) is 0.652. The Morgan fingerprint density at radius 2 is 2.00 bits per heavy atom. The summed E-state index contributed by atoms with van der Waals surface area (Å²) in [6.07, 6.45) is 2.61. The van der Waals surface area contributed by atoms with Crippen LogP contribution in [0.15, 0.2) is 35.3 Å². The van der Waals surface area contributed by atoms with Crippen LogP contribution in [0.3, 0.4) is 0 Å². The van der Waals surface area contributed by atoms with E-state index in [2.05, 4.69) is 17.1 Å². The number of rotatable bonds is 10. The van der Waals surface area contributed by atoms with Crippen LogP contribution in [0, 0.1) is 5.92 Å². The van der Waals surface area contributed by atoms with Crippen molar-refractivity contribution in [3.05, 3.63) is 35.9 Å². The van der Waals surface area contributed by atoms with E-state index < -0.39 is 0 Å². The van der Waals surface area contributed by atoms with Crippen LogP contribution in [-0.2, 0) is 14.3 Å². The van der Waals surface area contributed by atoms with Crippen molar-refractivity contribution in [2.45, 2.75) is 25.7 Å². The number of guanidine groups is 1. The van der Waals surface area contributed by atoms with Crippen molar-refractivity contribution >= 4 is 35.8 Å². The first-order chi connectivity index (χ1) is 14.7. The number of hydrogen-bond acceptors (Lipinski definition) is 4. The van der Waals surface area contributed by atoms with Gasteiger partial charge in [-0.1, -0.05) is 30.3 Å². The number of halogens is 1. The third kappa shape index (κ3) is 8.57. The van der Waals surface area contributed by atoms with Gasteiger partial charge in [0, 0.05) is 39.8 Å². The molecular weight excluding hydrogens is 507 g/mol. The molecule has 2 fully saturated rings. The molecule has 31 heavy (non-hydrogen) atoms. The minimum atomic E-state index is -0.294. The van der Waals surface area contributed by atoms with Crippen molar-refractivity contribution in [1.82, 2.24) is 15.1 Å². The van der Waals surface area contributed by atoms with Crippen LogP contribution in [0.4, 0.5) is 0 Å². The van der Waals surface area contributed by atoms with Gasteiger partial charge in [-0.15, -0.1) is 24.0 Å². The Labute approximate surface area is 203 Å². The maximum atomic E-state index is 13.3. The SMILES string of the molecule is CCNC(=NCC(C(=O)N1CCOCC1)c1ccccc1)N(C)CCOCC1CC1.I. The number of nitrogens with one attached hydrogen (secondary N) is 1. The molecule has 0 aromatic heterocycles. The predicted molar refractivity (Wildman–Crippen MR) is 134 cm³/mol. The van der Waals surface area contributed by atoms with Crippen LogP contribution < -0.4 is 5.32 Å². The molecule has 1 saturated carbocycles. The molecule has 2 aliphatic rings. The largest absolute Gasteiger partial charge is 0.379 e. The van der Waals surface area contributed by atoms with E-state index in [0.29, 0.717) is 39.5 Å². The number of morpholine rings is 1. The van der Waals surface area contributed by atoms with E-state index in [1.807, 2.05) is 42.3 Å². The first-order valence-corrected chi connectivity index (χ1v) is 11.2. The number of likely N-dealkylation sites (N-methyl/N-ethyl adjacent to an activating group) is 1. The van der Waals surface area contributed by atoms with Gasteiger partial charge in [0.25, 0.3) is 0 Å². The van der Waals surface area contributed by atoms with Crippen molar-refractivity contribution in [2.24, 2.45) is 10.9 Å². The molecule has 1 unspecified atom stereocenters. The summed E-state index contributed by atoms with van der Waals surface area (Å²) in [5.41, 5.74) is 1.00. The zero-order valence-corrected chi connectivity index (χ0v) is 21.1. The average molecular weight is 544 g/mol. The number of hydrogen-bond donors (Lipinski definition) is 1. The first-order valence-electron chi connectivity index (χ1n) is 11.2. The molecule has 0 bridgehead atoms. The molecule has 1 aliphatic heterocycles. The summed E-state index contributed by atoms with van der Waals surface area (Å²) < 4.78 is 11.2. The van der Waals surface area contributed by atoms with E-state index in [1.165, 1.54) is 12.8 Å². The fourth-order valence-corrected chi connectivity index (χ4v) is 3.50. The van der Waals surface area contributed by atoms with Gasteiger partial charge in [0.05, 0.1) is 32.3 Å². The number of amides is 1. The summed E-state index contributed by atoms with van der Waals surface area (Å²) >= 11 is 0. The molecule has 1 aromatic carbocycles. The predicted octanol–water partition coefficient (Wildman–Crippen LogP) is 2.57. The second-order valence-electron chi connectivity index (χ2n) is 8.04. The quantitative estimate of drug-likeness (QED) is 0.212. The normalized spacial score (nSPS) is 17.6. The lowest BCUT2D eigenvalue weighted by Crippen LogP contribution is -2.44. The van der Waals surface area contributed by atoms with E-state index in [9.17, 15) is 4.79 Å². The summed E-state index contributed by atoms with van der Waals surface area (Å²) in [5.74, 6) is 1.41. The molecule has 1 N–H and O–H groups in total. The molecule has 1 aliphatic carbocycles. The fourth-order valence-electron chi connectivity index (χ4n) is 3.50. The summed E-state index contributed by atoms with van der Waals surface area (Å²) in [6, 6.07) is 9.96. The minimum absolute atomic E-state index is 0. The highest BCUT2D eigenvalue weighted by atomic mass is 127. The van der Waals surface area contributed by atoms with Gasteiger partial charge < -0.3 is 24.6 Å². The molecule has 1 heterocycles. The number of ether oxygens (including phenoxy) is 2. The van der Waals surface area contributed by atoms with Crippen LogP contribution in [0.1, 0.15) is 31.2 Å². The number of carbonyl (C=O) groups excluding carboxylic acids is 1. The highest BCUT2D eigenvalue weighted by molar-refractivity contribution is 14.0. The van der Waals surface area contributed by atoms with Crippen molar-refractivity contribution in [2.75, 3.05) is 66.2 Å². The van der Waals surface area contributed by atoms with Crippen molar-refractivity contribution in [3.63, 3.8) is 0 Å². The van der Waals surface area contributed by atoms with Crippen LogP contribution in [0.2, 0.25) is 0 Å². The van der Waals surface area contributed by atoms with Gasteiger partial charge in [-0.2, -0.15) is 0 Å². The van der Waals surface area contributed by atoms with E-state index in [0.717, 1.165) is 37.1 Å². The van der Waals surface area contributed by atoms with E-state index in [4.69, 9.17) is 14.5 Å². The monoisotopic (exact) mass is 544 g/mol. The second-order valence-corrected chi connectivity index (χ2v) is 8.04. The molecule has 0 radical (unpaired) electrons. The molecule has 1 aromatic rings. The van der Waals surface area contributed by atoms with Gasteiger partial charge in [-0.05, 0) is 31.2 Å². The number of aliphatic imine (C=N–C) groups is 1. The van der Waals surface area contributed by atoms with Crippen LogP contribution in [0.25, 0.3) is 0 Å². The number of benzene rings is 1. The number of nitrogens with zero attached hydrogens (tertiary/aromatic N) is 3. The van der Waals surface area contributed by atoms with Crippen LogP contribution in [-0.4, -0.2) is 87.9 Å². The van der Waals surface area contributed by atoms with Crippen molar-refractivity contribution < 1.29 is 14.3 Å². The van der Waals surface area contributed by atoms with Crippen LogP contribution in [0.5, 0.6) is 0 Å². The lowest BCUT2D eigenvalue weighted by Gasteiger charge is -2.30. The third-order valence-corrected chi connectivity index (χ3v) is 5.56. The van der Waals surface area contributed by atoms with Gasteiger partial charge in [-0.3, -0.25) is 9.79 Å². The Hall–Kier alpha value is -1.39. The zero-order chi connectivity index (χ0) is 21.2. The lowest BCUT2D eigenvalue weighted by atomic mass is 9.97. The third-order valence-electron chi connectivity index (χ3n) is 5.56. The van der Waals surface area contributed by atoms with Gasteiger partial charge in [0.1, 0.15) is 0 Å². The van der Waals surface area contributed by atoms with Gasteiger partial charge in [0.2, 0.25) is 5.91 Å². The highest BCUT2D eigenvalue weighted by Crippen LogP contribution is 2.28. The highest BCUT2D eigenvalue weighted by Gasteiger charge is 2.27. The molecule has 3 rings (SSSR count). The molecule has 0 spiro atoms. The Bertz CT molecular complexity index is 679. The Kier molecular flexibility index (Phi) is 11.6. The standard InChI is InChI=1S/C23H36N4O3.HI/c1-3-24-23(26(2)11-14-30-18-19-9-10-19)25-17-21(20-7-5-4-6-8-20)22(28)27-12-15-29-16-13-27;/h4-8,19,21H,3,9-18H2,1-2H3,(H,24,25);1H. The summed E-state index contributed by atoms with van der Waals surface area (Å²) in [4.78, 5) is 22.1. The Morgan fingerprint density at radius 3 is 2.65 bits per heavy atom. The maximum absolute atomic E-state index is 13.3. The molecule has 7 nitrogen and oxygen atoms in total. The van der Waals surface area contributed by atoms with Crippen molar-refractivity contribution in [1.29, 1.82) is 0 Å². The smallest absolute Gasteiger partial charge is 0.232 e. The minimum Gasteiger partial charge on any atom is -0.379 e. The maximum Gasteiger partial charge on any atom is 0.232 e. The van der Waals surface area contributed by atoms with E-state index in [1.54, 1.807) is 0 Å². The van der Waals surface area contributed by atoms with Crippen LogP contribution >= 0.6 is 24.0 Å². The first kappa shape index (κ1) is 25.9. The van der Waals surface area contributed by atoms with Gasteiger partial charge in [0.15, 0.2) is 5.96 Å². The molecule has 174 valence electrons. The average Bonchev–Trinajstić information content (AvgIpc) is 3.61. The Morgan fingerprint density at radius 1 is 1.29 bits per heavy atom. The summed E-state index contributed by atoms with van der Waals surface area (Å²) in [7, 11) is 2.02. The van der Waals surface area contributed by atoms with E-state index >= 15 is 0 Å². The molecule has 1 saturated heterocycles. The summed E-state index contributed by atoms with van der Waals surface area (Å²) in [5, 5.41) is 3.35. The van der Waals surface area contributed by atoms with Gasteiger partial charge >= 0.3 is 0 Å². The van der Waals surface area contributed by atoms with E-state index in [-0.39, 0.29) is 35.8 Å². The molecular formula is C23H37IN4O3. The molecule has 1 amide bonds. The lowest BCUT2D eigenvalue weighted by molar-refractivity contribution is -0.136. The topological polar surface area (TPSA) is 66.4 Å².